The molecule has 0 aliphatic carbocycles. The summed E-state index contributed by atoms with van der Waals surface area (Å²) in [5.74, 6) is 0. The van der Waals surface area contributed by atoms with Crippen LogP contribution in [-0.2, 0) is 0 Å². The molecule has 0 fully saturated rings. The Bertz CT molecular complexity index is 1760. The minimum Gasteiger partial charge on any atom is -0.456 e. The average Bonchev–Trinajstić information content (AvgIpc) is 3.47. The number of fused-ring (bicyclic) bond motifs is 10. The van der Waals surface area contributed by atoms with Gasteiger partial charge in [0.25, 0.3) is 0 Å². The molecule has 166 valence electrons. The number of hydrogen-bond donors (Lipinski definition) is 1. The Morgan fingerprint density at radius 1 is 0.629 bits per heavy atom. The van der Waals surface area contributed by atoms with E-state index < -0.39 is 0 Å². The molecule has 6 aromatic rings. The van der Waals surface area contributed by atoms with Crippen molar-refractivity contribution in [2.75, 3.05) is 10.2 Å². The van der Waals surface area contributed by atoms with Crippen LogP contribution in [0.25, 0.3) is 44.2 Å². The normalized spacial score (nSPS) is 15.8. The van der Waals surface area contributed by atoms with Crippen LogP contribution in [-0.4, -0.2) is 5.50 Å². The van der Waals surface area contributed by atoms with Gasteiger partial charge < -0.3 is 14.6 Å². The number of nitrogens with one attached hydrogen (secondary N) is 1. The highest BCUT2D eigenvalue weighted by atomic mass is 32.2. The first-order valence-electron chi connectivity index (χ1n) is 11.8. The molecule has 0 bridgehead atoms. The number of nitrogens with zero attached hydrogens (tertiary/aromatic N) is 1. The van der Waals surface area contributed by atoms with Crippen LogP contribution in [0.3, 0.4) is 0 Å². The van der Waals surface area contributed by atoms with E-state index in [0.717, 1.165) is 16.6 Å². The molecule has 0 spiro atoms. The van der Waals surface area contributed by atoms with E-state index in [2.05, 4.69) is 113 Å². The van der Waals surface area contributed by atoms with Crippen LogP contribution >= 0.6 is 11.8 Å². The lowest BCUT2D eigenvalue weighted by Crippen LogP contribution is -2.32. The van der Waals surface area contributed by atoms with Crippen molar-refractivity contribution in [2.45, 2.75) is 10.4 Å². The molecule has 1 aromatic heterocycles. The Balaban J connectivity index is 1.47. The number of furan rings is 1. The predicted molar refractivity (Wildman–Crippen MR) is 146 cm³/mol. The van der Waals surface area contributed by atoms with E-state index in [9.17, 15) is 0 Å². The second kappa shape index (κ2) is 7.17. The van der Waals surface area contributed by atoms with Crippen LogP contribution in [0.2, 0.25) is 0 Å². The topological polar surface area (TPSA) is 28.4 Å². The maximum absolute atomic E-state index is 6.30. The van der Waals surface area contributed by atoms with Crippen molar-refractivity contribution < 1.29 is 4.42 Å². The van der Waals surface area contributed by atoms with E-state index in [4.69, 9.17) is 4.42 Å². The first kappa shape index (κ1) is 19.2. The molecule has 8 rings (SSSR count). The molecule has 2 aliphatic heterocycles. The number of rotatable bonds is 1. The molecule has 0 radical (unpaired) electrons. The predicted octanol–water partition coefficient (Wildman–Crippen LogP) is 8.87. The van der Waals surface area contributed by atoms with Crippen molar-refractivity contribution in [3.63, 3.8) is 0 Å². The molecule has 1 atom stereocenters. The van der Waals surface area contributed by atoms with Gasteiger partial charge >= 0.3 is 0 Å². The molecule has 5 aromatic carbocycles. The summed E-state index contributed by atoms with van der Waals surface area (Å²) >= 11 is 1.86. The molecule has 4 heteroatoms. The summed E-state index contributed by atoms with van der Waals surface area (Å²) in [6, 6.07) is 38.8. The molecule has 3 heterocycles. The smallest absolute Gasteiger partial charge is 0.157 e. The van der Waals surface area contributed by atoms with Crippen LogP contribution in [0, 0.1) is 0 Å². The van der Waals surface area contributed by atoms with Gasteiger partial charge in [-0.25, -0.2) is 0 Å². The molecular formula is C31H20N2OS. The molecule has 3 nitrogen and oxygen atoms in total. The summed E-state index contributed by atoms with van der Waals surface area (Å²) in [5, 5.41) is 6.10. The van der Waals surface area contributed by atoms with Gasteiger partial charge in [-0.15, -0.1) is 0 Å². The molecule has 0 saturated heterocycles. The third-order valence-electron chi connectivity index (χ3n) is 7.07. The van der Waals surface area contributed by atoms with Crippen LogP contribution in [0.5, 0.6) is 0 Å². The second-order valence-corrected chi connectivity index (χ2v) is 10.1. The van der Waals surface area contributed by atoms with Crippen LogP contribution in [0.1, 0.15) is 0 Å². The summed E-state index contributed by atoms with van der Waals surface area (Å²) in [5.41, 5.74) is 10.4. The Kier molecular flexibility index (Phi) is 3.93. The quantitative estimate of drug-likeness (QED) is 0.261. The summed E-state index contributed by atoms with van der Waals surface area (Å²) in [7, 11) is 0. The number of hydrogen-bond acceptors (Lipinski definition) is 4. The summed E-state index contributed by atoms with van der Waals surface area (Å²) in [4.78, 5) is 3.74. The number of benzene rings is 5. The first-order valence-corrected chi connectivity index (χ1v) is 12.7. The number of thioether (sulfide) groups is 1. The first-order chi connectivity index (χ1) is 17.4. The van der Waals surface area contributed by atoms with Gasteiger partial charge in [-0.3, -0.25) is 0 Å². The van der Waals surface area contributed by atoms with E-state index in [-0.39, 0.29) is 5.50 Å². The molecule has 2 aliphatic rings. The maximum Gasteiger partial charge on any atom is 0.157 e. The zero-order valence-electron chi connectivity index (χ0n) is 18.7. The van der Waals surface area contributed by atoms with Crippen LogP contribution < -0.4 is 10.2 Å². The molecular weight excluding hydrogens is 448 g/mol. The fourth-order valence-electron chi connectivity index (χ4n) is 5.60. The Labute approximate surface area is 207 Å². The van der Waals surface area contributed by atoms with Gasteiger partial charge in [0, 0.05) is 32.4 Å². The molecule has 0 amide bonds. The van der Waals surface area contributed by atoms with Crippen LogP contribution in [0.4, 0.5) is 17.1 Å². The second-order valence-electron chi connectivity index (χ2n) is 8.97. The van der Waals surface area contributed by atoms with Gasteiger partial charge in [-0.05, 0) is 48.0 Å². The zero-order chi connectivity index (χ0) is 22.9. The van der Waals surface area contributed by atoms with E-state index >= 15 is 0 Å². The van der Waals surface area contributed by atoms with Crippen molar-refractivity contribution in [3.8, 4) is 22.3 Å². The van der Waals surface area contributed by atoms with Crippen molar-refractivity contribution in [3.05, 3.63) is 109 Å². The molecule has 1 unspecified atom stereocenters. The van der Waals surface area contributed by atoms with E-state index in [0.29, 0.717) is 0 Å². The maximum atomic E-state index is 6.30. The summed E-state index contributed by atoms with van der Waals surface area (Å²) in [6.07, 6.45) is 0. The largest absolute Gasteiger partial charge is 0.456 e. The van der Waals surface area contributed by atoms with Gasteiger partial charge in [0.05, 0.1) is 17.1 Å². The highest BCUT2D eigenvalue weighted by Gasteiger charge is 2.34. The molecule has 0 saturated carbocycles. The van der Waals surface area contributed by atoms with Gasteiger partial charge in [0.15, 0.2) is 5.50 Å². The van der Waals surface area contributed by atoms with Gasteiger partial charge in [0.2, 0.25) is 0 Å². The van der Waals surface area contributed by atoms with Crippen molar-refractivity contribution in [2.24, 2.45) is 0 Å². The van der Waals surface area contributed by atoms with E-state index in [1.54, 1.807) is 0 Å². The highest BCUT2D eigenvalue weighted by molar-refractivity contribution is 8.00. The van der Waals surface area contributed by atoms with Crippen LogP contribution in [0.15, 0.2) is 119 Å². The third kappa shape index (κ3) is 2.69. The average molecular weight is 469 g/mol. The van der Waals surface area contributed by atoms with Gasteiger partial charge in [0.1, 0.15) is 11.2 Å². The van der Waals surface area contributed by atoms with E-state index in [1.807, 2.05) is 17.8 Å². The Morgan fingerprint density at radius 3 is 2.23 bits per heavy atom. The lowest BCUT2D eigenvalue weighted by molar-refractivity contribution is 0.669. The lowest BCUT2D eigenvalue weighted by Gasteiger charge is -2.32. The monoisotopic (exact) mass is 468 g/mol. The van der Waals surface area contributed by atoms with Crippen molar-refractivity contribution in [1.29, 1.82) is 0 Å². The lowest BCUT2D eigenvalue weighted by atomic mass is 9.91. The van der Waals surface area contributed by atoms with Gasteiger partial charge in [-0.2, -0.15) is 0 Å². The van der Waals surface area contributed by atoms with Crippen molar-refractivity contribution >= 4 is 50.8 Å². The van der Waals surface area contributed by atoms with Gasteiger partial charge in [-0.1, -0.05) is 78.5 Å². The standard InChI is InChI=1S/C31H20N2OS/c1-5-13-24-19(9-1)20-17-18-27-30(22-11-3-7-15-26(22)34-27)29(20)21-10-2-6-14-25(21)33(24)31-32-23-12-4-8-16-28(23)35-31/h1-18,31-32H. The fraction of sp³-hybridized carbons (Fsp3) is 0.0323. The Morgan fingerprint density at radius 2 is 1.34 bits per heavy atom. The molecule has 35 heavy (non-hydrogen) atoms. The Hall–Kier alpha value is -4.15. The minimum absolute atomic E-state index is 0.0422. The highest BCUT2D eigenvalue weighted by Crippen LogP contribution is 2.54. The molecule has 1 N–H and O–H groups in total. The minimum atomic E-state index is 0.0422. The summed E-state index contributed by atoms with van der Waals surface area (Å²) in [6.45, 7) is 0. The number of anilines is 3. The van der Waals surface area contributed by atoms with Crippen molar-refractivity contribution in [1.82, 2.24) is 0 Å². The summed E-state index contributed by atoms with van der Waals surface area (Å²) < 4.78 is 6.30. The van der Waals surface area contributed by atoms with E-state index in [1.165, 1.54) is 49.6 Å². The number of para-hydroxylation sites is 4. The fourth-order valence-corrected chi connectivity index (χ4v) is 6.77. The third-order valence-corrected chi connectivity index (χ3v) is 8.23. The SMILES string of the molecule is c1ccc2c(c1)NC(N1c3ccccc3-c3ccc4oc5ccccc5c4c3-c3ccccc31)S2. The zero-order valence-corrected chi connectivity index (χ0v) is 19.5.